The van der Waals surface area contributed by atoms with Crippen LogP contribution in [0.5, 0.6) is 0 Å². The lowest BCUT2D eigenvalue weighted by Gasteiger charge is -2.11. The van der Waals surface area contributed by atoms with Crippen molar-refractivity contribution in [2.45, 2.75) is 46.2 Å². The molecule has 0 saturated carbocycles. The minimum absolute atomic E-state index is 0.0669. The third-order valence-corrected chi connectivity index (χ3v) is 3.57. The summed E-state index contributed by atoms with van der Waals surface area (Å²) in [6.07, 6.45) is 1.16. The van der Waals surface area contributed by atoms with Crippen LogP contribution in [0.4, 0.5) is 0 Å². The number of carbonyl (C=O) groups excluding carboxylic acids is 1. The summed E-state index contributed by atoms with van der Waals surface area (Å²) in [5.41, 5.74) is 3.25. The van der Waals surface area contributed by atoms with E-state index in [1.54, 1.807) is 0 Å². The molecule has 0 bridgehead atoms. The van der Waals surface area contributed by atoms with Crippen LogP contribution in [0.25, 0.3) is 11.0 Å². The van der Waals surface area contributed by atoms with Gasteiger partial charge in [0, 0.05) is 31.3 Å². The van der Waals surface area contributed by atoms with Crippen molar-refractivity contribution in [3.05, 3.63) is 29.6 Å². The molecule has 5 heteroatoms. The fourth-order valence-corrected chi connectivity index (χ4v) is 2.71. The zero-order valence-electron chi connectivity index (χ0n) is 12.8. The molecule has 2 aromatic rings. The standard InChI is InChI=1S/C16H22ClN3O/c1-11(2)18-15(21)8-10-20-14(7-9-17)19-13-6-4-5-12(3)16(13)20/h4-6,11H,7-10H2,1-3H3,(H,18,21). The first kappa shape index (κ1) is 15.8. The molecular formula is C16H22ClN3O. The van der Waals surface area contributed by atoms with Gasteiger partial charge in [-0.3, -0.25) is 4.79 Å². The van der Waals surface area contributed by atoms with E-state index in [0.717, 1.165) is 16.9 Å². The first-order valence-corrected chi connectivity index (χ1v) is 7.86. The molecule has 1 heterocycles. The van der Waals surface area contributed by atoms with Crippen LogP contribution in [-0.2, 0) is 17.8 Å². The second-order valence-corrected chi connectivity index (χ2v) is 5.91. The number of hydrogen-bond donors (Lipinski definition) is 1. The summed E-state index contributed by atoms with van der Waals surface area (Å²) in [5.74, 6) is 1.55. The summed E-state index contributed by atoms with van der Waals surface area (Å²) in [7, 11) is 0. The van der Waals surface area contributed by atoms with E-state index < -0.39 is 0 Å². The molecule has 0 aliphatic rings. The Kier molecular flexibility index (Phi) is 5.23. The third kappa shape index (κ3) is 3.76. The van der Waals surface area contributed by atoms with Gasteiger partial charge in [-0.1, -0.05) is 12.1 Å². The average molecular weight is 308 g/mol. The topological polar surface area (TPSA) is 46.9 Å². The number of rotatable bonds is 6. The lowest BCUT2D eigenvalue weighted by molar-refractivity contribution is -0.121. The van der Waals surface area contributed by atoms with Crippen LogP contribution >= 0.6 is 11.6 Å². The normalized spacial score (nSPS) is 11.3. The van der Waals surface area contributed by atoms with Crippen molar-refractivity contribution < 1.29 is 4.79 Å². The Labute approximate surface area is 130 Å². The lowest BCUT2D eigenvalue weighted by atomic mass is 10.2. The monoisotopic (exact) mass is 307 g/mol. The van der Waals surface area contributed by atoms with E-state index in [4.69, 9.17) is 11.6 Å². The molecule has 0 radical (unpaired) electrons. The lowest BCUT2D eigenvalue weighted by Crippen LogP contribution is -2.30. The Hall–Kier alpha value is -1.55. The van der Waals surface area contributed by atoms with Crippen molar-refractivity contribution in [2.24, 2.45) is 0 Å². The Morgan fingerprint density at radius 1 is 1.43 bits per heavy atom. The second-order valence-electron chi connectivity index (χ2n) is 5.53. The average Bonchev–Trinajstić information content (AvgIpc) is 2.75. The molecule has 4 nitrogen and oxygen atoms in total. The van der Waals surface area contributed by atoms with Crippen molar-refractivity contribution in [2.75, 3.05) is 5.88 Å². The van der Waals surface area contributed by atoms with E-state index in [0.29, 0.717) is 25.3 Å². The number of nitrogens with zero attached hydrogens (tertiary/aromatic N) is 2. The number of amides is 1. The number of carbonyl (C=O) groups is 1. The van der Waals surface area contributed by atoms with E-state index in [9.17, 15) is 4.79 Å². The van der Waals surface area contributed by atoms with Crippen molar-refractivity contribution in [1.82, 2.24) is 14.9 Å². The molecule has 21 heavy (non-hydrogen) atoms. The highest BCUT2D eigenvalue weighted by molar-refractivity contribution is 6.17. The Morgan fingerprint density at radius 2 is 2.19 bits per heavy atom. The minimum atomic E-state index is 0.0669. The van der Waals surface area contributed by atoms with Gasteiger partial charge in [-0.25, -0.2) is 4.98 Å². The minimum Gasteiger partial charge on any atom is -0.354 e. The summed E-state index contributed by atoms with van der Waals surface area (Å²) in [4.78, 5) is 16.5. The predicted molar refractivity (Wildman–Crippen MR) is 86.8 cm³/mol. The second kappa shape index (κ2) is 6.94. The van der Waals surface area contributed by atoms with Crippen LogP contribution in [0, 0.1) is 6.92 Å². The first-order chi connectivity index (χ1) is 10.0. The fourth-order valence-electron chi connectivity index (χ4n) is 2.54. The number of hydrogen-bond acceptors (Lipinski definition) is 2. The van der Waals surface area contributed by atoms with E-state index in [2.05, 4.69) is 27.9 Å². The van der Waals surface area contributed by atoms with E-state index >= 15 is 0 Å². The maximum atomic E-state index is 11.9. The van der Waals surface area contributed by atoms with Crippen molar-refractivity contribution in [3.63, 3.8) is 0 Å². The molecule has 0 atom stereocenters. The number of alkyl halides is 1. The van der Waals surface area contributed by atoms with Gasteiger partial charge in [0.15, 0.2) is 0 Å². The SMILES string of the molecule is Cc1cccc2nc(CCCl)n(CCC(=O)NC(C)C)c12. The molecule has 114 valence electrons. The zero-order chi connectivity index (χ0) is 15.4. The van der Waals surface area contributed by atoms with Gasteiger partial charge in [0.05, 0.1) is 11.0 Å². The molecule has 0 fully saturated rings. The highest BCUT2D eigenvalue weighted by atomic mass is 35.5. The van der Waals surface area contributed by atoms with Gasteiger partial charge in [-0.2, -0.15) is 0 Å². The number of nitrogens with one attached hydrogen (secondary N) is 1. The Balaban J connectivity index is 2.27. The van der Waals surface area contributed by atoms with Crippen LogP contribution in [0.15, 0.2) is 18.2 Å². The third-order valence-electron chi connectivity index (χ3n) is 3.38. The van der Waals surface area contributed by atoms with Gasteiger partial charge in [0.1, 0.15) is 5.82 Å². The predicted octanol–water partition coefficient (Wildman–Crippen LogP) is 3.04. The van der Waals surface area contributed by atoms with E-state index in [1.165, 1.54) is 5.56 Å². The van der Waals surface area contributed by atoms with E-state index in [-0.39, 0.29) is 11.9 Å². The number of fused-ring (bicyclic) bond motifs is 1. The molecule has 1 aromatic carbocycles. The highest BCUT2D eigenvalue weighted by Crippen LogP contribution is 2.21. The van der Waals surface area contributed by atoms with Crippen molar-refractivity contribution >= 4 is 28.5 Å². The van der Waals surface area contributed by atoms with Gasteiger partial charge in [0.25, 0.3) is 0 Å². The smallest absolute Gasteiger partial charge is 0.221 e. The van der Waals surface area contributed by atoms with Crippen LogP contribution in [0.1, 0.15) is 31.7 Å². The summed E-state index contributed by atoms with van der Waals surface area (Å²) in [5, 5.41) is 2.92. The quantitative estimate of drug-likeness (QED) is 0.834. The van der Waals surface area contributed by atoms with Gasteiger partial charge in [-0.15, -0.1) is 11.6 Å². The number of aromatic nitrogens is 2. The van der Waals surface area contributed by atoms with Crippen molar-refractivity contribution in [3.8, 4) is 0 Å². The van der Waals surface area contributed by atoms with Crippen LogP contribution in [0.2, 0.25) is 0 Å². The molecule has 0 aliphatic carbocycles. The Bertz CT molecular complexity index is 634. The van der Waals surface area contributed by atoms with Gasteiger partial charge in [-0.05, 0) is 32.4 Å². The number of halogens is 1. The largest absolute Gasteiger partial charge is 0.354 e. The zero-order valence-corrected chi connectivity index (χ0v) is 13.6. The molecule has 1 aromatic heterocycles. The van der Waals surface area contributed by atoms with Gasteiger partial charge in [0.2, 0.25) is 5.91 Å². The molecule has 0 saturated heterocycles. The maximum Gasteiger partial charge on any atom is 0.221 e. The highest BCUT2D eigenvalue weighted by Gasteiger charge is 2.13. The number of imidazole rings is 1. The van der Waals surface area contributed by atoms with Crippen LogP contribution in [-0.4, -0.2) is 27.4 Å². The number of para-hydroxylation sites is 1. The fraction of sp³-hybridized carbons (Fsp3) is 0.500. The van der Waals surface area contributed by atoms with Gasteiger partial charge < -0.3 is 9.88 Å². The van der Waals surface area contributed by atoms with E-state index in [1.807, 2.05) is 26.0 Å². The molecular weight excluding hydrogens is 286 g/mol. The van der Waals surface area contributed by atoms with Crippen LogP contribution in [0.3, 0.4) is 0 Å². The molecule has 0 spiro atoms. The molecule has 2 rings (SSSR count). The summed E-state index contributed by atoms with van der Waals surface area (Å²) in [6, 6.07) is 6.25. The summed E-state index contributed by atoms with van der Waals surface area (Å²) < 4.78 is 2.13. The number of aryl methyl sites for hydroxylation is 3. The summed E-state index contributed by atoms with van der Waals surface area (Å²) in [6.45, 7) is 6.63. The number of benzene rings is 1. The van der Waals surface area contributed by atoms with Crippen LogP contribution < -0.4 is 5.32 Å². The summed E-state index contributed by atoms with van der Waals surface area (Å²) >= 11 is 5.87. The maximum absolute atomic E-state index is 11.9. The molecule has 1 N–H and O–H groups in total. The van der Waals surface area contributed by atoms with Gasteiger partial charge >= 0.3 is 0 Å². The Morgan fingerprint density at radius 3 is 2.86 bits per heavy atom. The first-order valence-electron chi connectivity index (χ1n) is 7.33. The van der Waals surface area contributed by atoms with Crippen molar-refractivity contribution in [1.29, 1.82) is 0 Å². The molecule has 1 amide bonds. The molecule has 0 aliphatic heterocycles. The molecule has 0 unspecified atom stereocenters.